The number of benzene rings is 2. The van der Waals surface area contributed by atoms with Gasteiger partial charge in [-0.3, -0.25) is 4.79 Å². The Hall–Kier alpha value is -2.66. The molecule has 5 nitrogen and oxygen atoms in total. The second-order valence-electron chi connectivity index (χ2n) is 4.66. The molecule has 0 saturated carbocycles. The Bertz CT molecular complexity index is 812. The number of aromatic nitrogens is 2. The number of halogens is 1. The van der Waals surface area contributed by atoms with Crippen LogP contribution in [0.25, 0.3) is 22.8 Å². The van der Waals surface area contributed by atoms with Gasteiger partial charge in [-0.15, -0.1) is 0 Å². The highest BCUT2D eigenvalue weighted by molar-refractivity contribution is 6.30. The Morgan fingerprint density at radius 2 is 1.86 bits per heavy atom. The number of para-hydroxylation sites is 1. The average Bonchev–Trinajstić information content (AvgIpc) is 2.97. The summed E-state index contributed by atoms with van der Waals surface area (Å²) in [5.74, 6) is 0.642. The van der Waals surface area contributed by atoms with Crippen molar-refractivity contribution in [1.82, 2.24) is 10.1 Å². The zero-order chi connectivity index (χ0) is 15.5. The molecule has 110 valence electrons. The number of nitrogens with one attached hydrogen (secondary N) is 1. The summed E-state index contributed by atoms with van der Waals surface area (Å²) in [5, 5.41) is 7.36. The standard InChI is InChI=1S/C16H12ClN3O2/c1-10(21)18-14-5-3-2-4-13(14)16-19-15(20-22-16)11-6-8-12(17)9-7-11/h2-9H,1H3,(H,18,21). The van der Waals surface area contributed by atoms with Crippen LogP contribution >= 0.6 is 11.6 Å². The molecule has 1 amide bonds. The van der Waals surface area contributed by atoms with Gasteiger partial charge < -0.3 is 9.84 Å². The van der Waals surface area contributed by atoms with Crippen molar-refractivity contribution in [3.63, 3.8) is 0 Å². The molecule has 1 aromatic heterocycles. The Kier molecular flexibility index (Phi) is 3.89. The number of nitrogens with zero attached hydrogens (tertiary/aromatic N) is 2. The van der Waals surface area contributed by atoms with E-state index in [1.807, 2.05) is 30.3 Å². The molecular weight excluding hydrogens is 302 g/mol. The van der Waals surface area contributed by atoms with E-state index >= 15 is 0 Å². The first-order valence-corrected chi connectivity index (χ1v) is 6.98. The van der Waals surface area contributed by atoms with E-state index in [1.54, 1.807) is 18.2 Å². The third-order valence-electron chi connectivity index (χ3n) is 3.00. The molecule has 0 aliphatic rings. The molecule has 0 aliphatic carbocycles. The first-order valence-electron chi connectivity index (χ1n) is 6.60. The molecule has 2 aromatic carbocycles. The molecule has 0 bridgehead atoms. The first-order chi connectivity index (χ1) is 10.6. The van der Waals surface area contributed by atoms with E-state index in [9.17, 15) is 4.79 Å². The lowest BCUT2D eigenvalue weighted by molar-refractivity contribution is -0.114. The van der Waals surface area contributed by atoms with Gasteiger partial charge >= 0.3 is 0 Å². The van der Waals surface area contributed by atoms with E-state index in [1.165, 1.54) is 6.92 Å². The molecule has 1 heterocycles. The third-order valence-corrected chi connectivity index (χ3v) is 3.25. The van der Waals surface area contributed by atoms with Crippen LogP contribution in [0.2, 0.25) is 5.02 Å². The fourth-order valence-electron chi connectivity index (χ4n) is 2.02. The molecule has 0 radical (unpaired) electrons. The van der Waals surface area contributed by atoms with Crippen molar-refractivity contribution < 1.29 is 9.32 Å². The molecular formula is C16H12ClN3O2. The van der Waals surface area contributed by atoms with E-state index in [-0.39, 0.29) is 5.91 Å². The second-order valence-corrected chi connectivity index (χ2v) is 5.09. The number of rotatable bonds is 3. The van der Waals surface area contributed by atoms with Gasteiger partial charge in [-0.25, -0.2) is 0 Å². The summed E-state index contributed by atoms with van der Waals surface area (Å²) in [5.41, 5.74) is 2.10. The predicted molar refractivity (Wildman–Crippen MR) is 84.5 cm³/mol. The Morgan fingerprint density at radius 3 is 2.59 bits per heavy atom. The minimum absolute atomic E-state index is 0.162. The van der Waals surface area contributed by atoms with Crippen LogP contribution in [0.15, 0.2) is 53.1 Å². The summed E-state index contributed by atoms with van der Waals surface area (Å²) < 4.78 is 5.31. The van der Waals surface area contributed by atoms with Crippen LogP contribution < -0.4 is 5.32 Å². The van der Waals surface area contributed by atoms with E-state index < -0.39 is 0 Å². The van der Waals surface area contributed by atoms with Crippen molar-refractivity contribution in [2.24, 2.45) is 0 Å². The summed E-state index contributed by atoms with van der Waals surface area (Å²) >= 11 is 5.86. The van der Waals surface area contributed by atoms with Gasteiger partial charge in [-0.05, 0) is 36.4 Å². The lowest BCUT2D eigenvalue weighted by atomic mass is 10.1. The normalized spacial score (nSPS) is 10.5. The SMILES string of the molecule is CC(=O)Nc1ccccc1-c1nc(-c2ccc(Cl)cc2)no1. The number of hydrogen-bond donors (Lipinski definition) is 1. The first kappa shape index (κ1) is 14.3. The zero-order valence-corrected chi connectivity index (χ0v) is 12.5. The molecule has 0 aliphatic heterocycles. The summed E-state index contributed by atoms with van der Waals surface area (Å²) in [7, 11) is 0. The van der Waals surface area contributed by atoms with E-state index in [0.29, 0.717) is 28.0 Å². The molecule has 1 N–H and O–H groups in total. The fourth-order valence-corrected chi connectivity index (χ4v) is 2.14. The maximum Gasteiger partial charge on any atom is 0.260 e. The highest BCUT2D eigenvalue weighted by atomic mass is 35.5. The second kappa shape index (κ2) is 5.99. The van der Waals surface area contributed by atoms with Gasteiger partial charge in [0.25, 0.3) is 5.89 Å². The minimum atomic E-state index is -0.162. The number of carbonyl (C=O) groups is 1. The molecule has 22 heavy (non-hydrogen) atoms. The molecule has 0 spiro atoms. The molecule has 3 aromatic rings. The van der Waals surface area contributed by atoms with Crippen LogP contribution in [0.5, 0.6) is 0 Å². The van der Waals surface area contributed by atoms with Crippen LogP contribution in [0, 0.1) is 0 Å². The lowest BCUT2D eigenvalue weighted by Gasteiger charge is -2.05. The highest BCUT2D eigenvalue weighted by Crippen LogP contribution is 2.28. The zero-order valence-electron chi connectivity index (χ0n) is 11.7. The molecule has 0 atom stereocenters. The van der Waals surface area contributed by atoms with Crippen LogP contribution in [0.1, 0.15) is 6.92 Å². The van der Waals surface area contributed by atoms with Crippen LogP contribution in [0.4, 0.5) is 5.69 Å². The topological polar surface area (TPSA) is 68.0 Å². The fraction of sp³-hybridized carbons (Fsp3) is 0.0625. The van der Waals surface area contributed by atoms with Crippen molar-refractivity contribution in [1.29, 1.82) is 0 Å². The molecule has 0 fully saturated rings. The summed E-state index contributed by atoms with van der Waals surface area (Å²) in [6.45, 7) is 1.45. The Morgan fingerprint density at radius 1 is 1.14 bits per heavy atom. The summed E-state index contributed by atoms with van der Waals surface area (Å²) in [6.07, 6.45) is 0. The monoisotopic (exact) mass is 313 g/mol. The van der Waals surface area contributed by atoms with Gasteiger partial charge in [0.2, 0.25) is 11.7 Å². The van der Waals surface area contributed by atoms with Crippen molar-refractivity contribution in [3.8, 4) is 22.8 Å². The van der Waals surface area contributed by atoms with Gasteiger partial charge in [0.15, 0.2) is 0 Å². The number of amides is 1. The van der Waals surface area contributed by atoms with E-state index in [2.05, 4.69) is 15.5 Å². The molecule has 0 unspecified atom stereocenters. The maximum absolute atomic E-state index is 11.3. The van der Waals surface area contributed by atoms with Crippen LogP contribution in [-0.4, -0.2) is 16.0 Å². The van der Waals surface area contributed by atoms with Gasteiger partial charge in [-0.1, -0.05) is 28.9 Å². The smallest absolute Gasteiger partial charge is 0.260 e. The van der Waals surface area contributed by atoms with Gasteiger partial charge in [0.1, 0.15) is 0 Å². The summed E-state index contributed by atoms with van der Waals surface area (Å²) in [4.78, 5) is 15.6. The van der Waals surface area contributed by atoms with Crippen molar-refractivity contribution >= 4 is 23.2 Å². The molecule has 0 saturated heterocycles. The largest absolute Gasteiger partial charge is 0.334 e. The lowest BCUT2D eigenvalue weighted by Crippen LogP contribution is -2.06. The van der Waals surface area contributed by atoms with Gasteiger partial charge in [0.05, 0.1) is 11.3 Å². The van der Waals surface area contributed by atoms with Crippen molar-refractivity contribution in [2.45, 2.75) is 6.92 Å². The molecule has 6 heteroatoms. The summed E-state index contributed by atoms with van der Waals surface area (Å²) in [6, 6.07) is 14.4. The number of carbonyl (C=O) groups excluding carboxylic acids is 1. The highest BCUT2D eigenvalue weighted by Gasteiger charge is 2.14. The average molecular weight is 314 g/mol. The Labute approximate surface area is 131 Å². The third kappa shape index (κ3) is 2.99. The predicted octanol–water partition coefficient (Wildman–Crippen LogP) is 4.02. The van der Waals surface area contributed by atoms with E-state index in [4.69, 9.17) is 16.1 Å². The quantitative estimate of drug-likeness (QED) is 0.793. The van der Waals surface area contributed by atoms with Crippen molar-refractivity contribution in [2.75, 3.05) is 5.32 Å². The van der Waals surface area contributed by atoms with Crippen LogP contribution in [0.3, 0.4) is 0 Å². The number of anilines is 1. The van der Waals surface area contributed by atoms with E-state index in [0.717, 1.165) is 5.56 Å². The van der Waals surface area contributed by atoms with Crippen molar-refractivity contribution in [3.05, 3.63) is 53.6 Å². The Balaban J connectivity index is 1.97. The number of hydrogen-bond acceptors (Lipinski definition) is 4. The van der Waals surface area contributed by atoms with Crippen LogP contribution in [-0.2, 0) is 4.79 Å². The molecule has 3 rings (SSSR count). The van der Waals surface area contributed by atoms with Gasteiger partial charge in [0, 0.05) is 17.5 Å². The maximum atomic E-state index is 11.3. The van der Waals surface area contributed by atoms with Gasteiger partial charge in [-0.2, -0.15) is 4.98 Å². The minimum Gasteiger partial charge on any atom is -0.334 e.